The molecule has 2 aromatic rings. The lowest BCUT2D eigenvalue weighted by Gasteiger charge is -2.13. The molecule has 0 spiro atoms. The monoisotopic (exact) mass is 305 g/mol. The lowest BCUT2D eigenvalue weighted by atomic mass is 9.93. The van der Waals surface area contributed by atoms with Crippen LogP contribution < -0.4 is 4.74 Å². The predicted molar refractivity (Wildman–Crippen MR) is 79.7 cm³/mol. The van der Waals surface area contributed by atoms with E-state index < -0.39 is 5.92 Å². The molecule has 0 fully saturated rings. The lowest BCUT2D eigenvalue weighted by Crippen LogP contribution is -2.11. The highest BCUT2D eigenvalue weighted by molar-refractivity contribution is 7.12. The summed E-state index contributed by atoms with van der Waals surface area (Å²) in [7, 11) is 1.52. The molecule has 1 aromatic heterocycles. The highest BCUT2D eigenvalue weighted by Crippen LogP contribution is 2.33. The number of ether oxygens (including phenoxy) is 1. The van der Waals surface area contributed by atoms with E-state index in [1.54, 1.807) is 23.6 Å². The third-order valence-corrected chi connectivity index (χ3v) is 4.28. The second kappa shape index (κ2) is 6.08. The van der Waals surface area contributed by atoms with E-state index in [0.29, 0.717) is 21.2 Å². The Balaban J connectivity index is 2.49. The number of nitriles is 1. The number of carbonyl (C=O) groups excluding carboxylic acids is 1. The van der Waals surface area contributed by atoms with Gasteiger partial charge in [0.2, 0.25) is 0 Å². The van der Waals surface area contributed by atoms with Crippen molar-refractivity contribution in [2.24, 2.45) is 0 Å². The molecule has 1 unspecified atom stereocenters. The Bertz CT molecular complexity index is 687. The van der Waals surface area contributed by atoms with Crippen LogP contribution in [-0.4, -0.2) is 12.9 Å². The van der Waals surface area contributed by atoms with Crippen molar-refractivity contribution in [2.45, 2.75) is 12.8 Å². The summed E-state index contributed by atoms with van der Waals surface area (Å²) in [5.74, 6) is -0.680. The topological polar surface area (TPSA) is 50.1 Å². The van der Waals surface area contributed by atoms with Gasteiger partial charge in [0.25, 0.3) is 0 Å². The fourth-order valence-corrected chi connectivity index (χ4v) is 3.07. The lowest BCUT2D eigenvalue weighted by molar-refractivity contribution is 0.0982. The van der Waals surface area contributed by atoms with Gasteiger partial charge in [-0.3, -0.25) is 4.79 Å². The standard InChI is InChI=1S/C15H12ClNO2S/c1-9-3-4-13(19-2)10(7-9)11(8-17)14(18)15-12(16)5-6-20-15/h3-7,11H,1-2H3. The van der Waals surface area contributed by atoms with Crippen LogP contribution in [0.5, 0.6) is 5.75 Å². The maximum absolute atomic E-state index is 12.5. The minimum Gasteiger partial charge on any atom is -0.496 e. The summed E-state index contributed by atoms with van der Waals surface area (Å²) in [6.07, 6.45) is 0. The quantitative estimate of drug-likeness (QED) is 0.795. The van der Waals surface area contributed by atoms with Crippen LogP contribution in [0.2, 0.25) is 5.02 Å². The van der Waals surface area contributed by atoms with Crippen molar-refractivity contribution >= 4 is 28.7 Å². The SMILES string of the molecule is COc1ccc(C)cc1C(C#N)C(=O)c1sccc1Cl. The molecule has 2 rings (SSSR count). The van der Waals surface area contributed by atoms with E-state index in [2.05, 4.69) is 6.07 Å². The van der Waals surface area contributed by atoms with Crippen LogP contribution in [0.25, 0.3) is 0 Å². The number of thiophene rings is 1. The van der Waals surface area contributed by atoms with Gasteiger partial charge >= 0.3 is 0 Å². The minimum absolute atomic E-state index is 0.295. The van der Waals surface area contributed by atoms with E-state index in [0.717, 1.165) is 5.56 Å². The Morgan fingerprint density at radius 3 is 2.75 bits per heavy atom. The van der Waals surface area contributed by atoms with Gasteiger partial charge in [-0.05, 0) is 24.4 Å². The number of hydrogen-bond donors (Lipinski definition) is 0. The van der Waals surface area contributed by atoms with Crippen molar-refractivity contribution in [1.82, 2.24) is 0 Å². The first-order valence-corrected chi connectivity index (χ1v) is 7.15. The molecule has 0 aliphatic heterocycles. The van der Waals surface area contributed by atoms with Crippen LogP contribution in [-0.2, 0) is 0 Å². The average Bonchev–Trinajstić information content (AvgIpc) is 2.86. The zero-order chi connectivity index (χ0) is 14.7. The van der Waals surface area contributed by atoms with Crippen LogP contribution in [0, 0.1) is 18.3 Å². The molecule has 5 heteroatoms. The summed E-state index contributed by atoms with van der Waals surface area (Å²) >= 11 is 7.22. The number of nitrogens with zero attached hydrogens (tertiary/aromatic N) is 1. The molecule has 1 heterocycles. The fourth-order valence-electron chi connectivity index (χ4n) is 1.95. The number of aryl methyl sites for hydroxylation is 1. The van der Waals surface area contributed by atoms with E-state index in [1.165, 1.54) is 18.4 Å². The first-order valence-electron chi connectivity index (χ1n) is 5.89. The summed E-state index contributed by atoms with van der Waals surface area (Å²) in [6.45, 7) is 1.90. The van der Waals surface area contributed by atoms with Gasteiger partial charge in [-0.25, -0.2) is 0 Å². The van der Waals surface area contributed by atoms with Crippen molar-refractivity contribution in [2.75, 3.05) is 7.11 Å². The number of ketones is 1. The summed E-state index contributed by atoms with van der Waals surface area (Å²) in [5.41, 5.74) is 1.54. The van der Waals surface area contributed by atoms with Crippen LogP contribution in [0.4, 0.5) is 0 Å². The maximum atomic E-state index is 12.5. The highest BCUT2D eigenvalue weighted by atomic mass is 35.5. The number of halogens is 1. The fraction of sp³-hybridized carbons (Fsp3) is 0.200. The molecule has 20 heavy (non-hydrogen) atoms. The molecule has 0 N–H and O–H groups in total. The molecule has 0 aliphatic carbocycles. The Labute approximate surface area is 126 Å². The number of rotatable bonds is 4. The predicted octanol–water partition coefficient (Wildman–Crippen LogP) is 4.21. The molecule has 0 bridgehead atoms. The first kappa shape index (κ1) is 14.6. The van der Waals surface area contributed by atoms with E-state index in [-0.39, 0.29) is 5.78 Å². The molecule has 0 saturated heterocycles. The van der Waals surface area contributed by atoms with Gasteiger partial charge in [0.1, 0.15) is 11.7 Å². The normalized spacial score (nSPS) is 11.7. The average molecular weight is 306 g/mol. The number of hydrogen-bond acceptors (Lipinski definition) is 4. The Morgan fingerprint density at radius 2 is 2.20 bits per heavy atom. The van der Waals surface area contributed by atoms with Crippen LogP contribution in [0.1, 0.15) is 26.7 Å². The highest BCUT2D eigenvalue weighted by Gasteiger charge is 2.27. The zero-order valence-corrected chi connectivity index (χ0v) is 12.6. The summed E-state index contributed by atoms with van der Waals surface area (Å²) < 4.78 is 5.25. The number of benzene rings is 1. The van der Waals surface area contributed by atoms with Crippen LogP contribution in [0.15, 0.2) is 29.6 Å². The molecule has 0 radical (unpaired) electrons. The van der Waals surface area contributed by atoms with Crippen LogP contribution >= 0.6 is 22.9 Å². The molecular weight excluding hydrogens is 294 g/mol. The summed E-state index contributed by atoms with van der Waals surface area (Å²) in [5, 5.41) is 11.5. The third-order valence-electron chi connectivity index (χ3n) is 2.93. The molecule has 0 aliphatic rings. The minimum atomic E-state index is -0.916. The largest absolute Gasteiger partial charge is 0.496 e. The number of carbonyl (C=O) groups is 1. The molecule has 1 aromatic carbocycles. The Kier molecular flexibility index (Phi) is 4.43. The molecule has 0 saturated carbocycles. The summed E-state index contributed by atoms with van der Waals surface area (Å²) in [6, 6.07) is 9.14. The second-order valence-corrected chi connectivity index (χ2v) is 5.59. The van der Waals surface area contributed by atoms with E-state index >= 15 is 0 Å². The van der Waals surface area contributed by atoms with Gasteiger partial charge in [0.05, 0.1) is 23.1 Å². The van der Waals surface area contributed by atoms with E-state index in [9.17, 15) is 10.1 Å². The van der Waals surface area contributed by atoms with Gasteiger partial charge in [-0.1, -0.05) is 29.3 Å². The smallest absolute Gasteiger partial charge is 0.196 e. The van der Waals surface area contributed by atoms with Crippen molar-refractivity contribution in [3.63, 3.8) is 0 Å². The number of Topliss-reactive ketones (excluding diaryl/α,β-unsaturated/α-hetero) is 1. The molecule has 102 valence electrons. The zero-order valence-electron chi connectivity index (χ0n) is 11.0. The van der Waals surface area contributed by atoms with Crippen molar-refractivity contribution in [1.29, 1.82) is 5.26 Å². The van der Waals surface area contributed by atoms with Crippen molar-refractivity contribution in [3.05, 3.63) is 50.7 Å². The van der Waals surface area contributed by atoms with Gasteiger partial charge in [0.15, 0.2) is 5.78 Å². The van der Waals surface area contributed by atoms with E-state index in [1.807, 2.05) is 13.0 Å². The van der Waals surface area contributed by atoms with Gasteiger partial charge < -0.3 is 4.74 Å². The first-order chi connectivity index (χ1) is 9.58. The maximum Gasteiger partial charge on any atom is 0.196 e. The van der Waals surface area contributed by atoms with E-state index in [4.69, 9.17) is 16.3 Å². The van der Waals surface area contributed by atoms with Crippen LogP contribution in [0.3, 0.4) is 0 Å². The molecule has 0 amide bonds. The van der Waals surface area contributed by atoms with Crippen molar-refractivity contribution in [3.8, 4) is 11.8 Å². The van der Waals surface area contributed by atoms with Gasteiger partial charge in [-0.2, -0.15) is 5.26 Å². The summed E-state index contributed by atoms with van der Waals surface area (Å²) in [4.78, 5) is 12.9. The van der Waals surface area contributed by atoms with Crippen molar-refractivity contribution < 1.29 is 9.53 Å². The molecule has 3 nitrogen and oxygen atoms in total. The molecule has 1 atom stereocenters. The Morgan fingerprint density at radius 1 is 1.45 bits per heavy atom. The third kappa shape index (κ3) is 2.69. The number of methoxy groups -OCH3 is 1. The van der Waals surface area contributed by atoms with Gasteiger partial charge in [0, 0.05) is 5.56 Å². The second-order valence-electron chi connectivity index (χ2n) is 4.27. The van der Waals surface area contributed by atoms with Gasteiger partial charge in [-0.15, -0.1) is 11.3 Å². The molecular formula is C15H12ClNO2S. The Hall–Kier alpha value is -1.83.